The van der Waals surface area contributed by atoms with E-state index in [-0.39, 0.29) is 0 Å². The van der Waals surface area contributed by atoms with Gasteiger partial charge in [0, 0.05) is 6.42 Å². The van der Waals surface area contributed by atoms with E-state index in [0.29, 0.717) is 12.2 Å². The number of rotatable bonds is 3. The van der Waals surface area contributed by atoms with Gasteiger partial charge in [0.1, 0.15) is 0 Å². The van der Waals surface area contributed by atoms with Crippen LogP contribution in [0.2, 0.25) is 0 Å². The number of hydrogen-bond acceptors (Lipinski definition) is 5. The number of tetrazole rings is 1. The molecule has 15 heavy (non-hydrogen) atoms. The van der Waals surface area contributed by atoms with Crippen LogP contribution in [0.4, 0.5) is 0 Å². The molecule has 0 aliphatic carbocycles. The Morgan fingerprint density at radius 3 is 3.00 bits per heavy atom. The Morgan fingerprint density at radius 2 is 2.47 bits per heavy atom. The zero-order valence-electron chi connectivity index (χ0n) is 7.96. The predicted octanol–water partition coefficient (Wildman–Crippen LogP) is 1.15. The summed E-state index contributed by atoms with van der Waals surface area (Å²) >= 11 is 3.84. The highest BCUT2D eigenvalue weighted by molar-refractivity contribution is 14.1. The van der Waals surface area contributed by atoms with Crippen LogP contribution in [-0.2, 0) is 13.5 Å². The minimum Gasteiger partial charge on any atom is -0.388 e. The third-order valence-electron chi connectivity index (χ3n) is 1.90. The molecule has 0 aromatic carbocycles. The molecule has 2 aromatic rings. The van der Waals surface area contributed by atoms with Gasteiger partial charge in [0.2, 0.25) is 0 Å². The average molecular weight is 336 g/mol. The molecule has 0 saturated heterocycles. The fourth-order valence-electron chi connectivity index (χ4n) is 1.19. The SMILES string of the molecule is Cn1nnc(CC(O)c2csc(I)c2)n1. The van der Waals surface area contributed by atoms with Crippen LogP contribution in [0.1, 0.15) is 17.5 Å². The minimum absolute atomic E-state index is 0.403. The molecule has 1 unspecified atom stereocenters. The standard InChI is InChI=1S/C8H9IN4OS/c1-13-11-8(10-12-13)3-6(14)5-2-7(9)15-4-5/h2,4,6,14H,3H2,1H3. The number of nitrogens with zero attached hydrogens (tertiary/aromatic N) is 4. The number of hydrogen-bond donors (Lipinski definition) is 1. The molecule has 1 atom stereocenters. The summed E-state index contributed by atoms with van der Waals surface area (Å²) in [4.78, 5) is 1.39. The van der Waals surface area contributed by atoms with E-state index in [0.717, 1.165) is 8.45 Å². The van der Waals surface area contributed by atoms with Gasteiger partial charge < -0.3 is 5.11 Å². The third kappa shape index (κ3) is 2.73. The van der Waals surface area contributed by atoms with E-state index in [9.17, 15) is 5.11 Å². The van der Waals surface area contributed by atoms with E-state index in [2.05, 4.69) is 38.0 Å². The van der Waals surface area contributed by atoms with Crippen LogP contribution in [0.3, 0.4) is 0 Å². The molecule has 7 heteroatoms. The average Bonchev–Trinajstić information content (AvgIpc) is 2.75. The van der Waals surface area contributed by atoms with Crippen molar-refractivity contribution in [3.05, 3.63) is 25.7 Å². The monoisotopic (exact) mass is 336 g/mol. The molecule has 1 N–H and O–H groups in total. The summed E-state index contributed by atoms with van der Waals surface area (Å²) in [5.74, 6) is 0.561. The van der Waals surface area contributed by atoms with E-state index in [1.807, 2.05) is 11.4 Å². The molecular formula is C8H9IN4OS. The molecule has 0 bridgehead atoms. The van der Waals surface area contributed by atoms with E-state index < -0.39 is 6.10 Å². The van der Waals surface area contributed by atoms with Crippen molar-refractivity contribution in [1.82, 2.24) is 20.2 Å². The Bertz CT molecular complexity index is 455. The van der Waals surface area contributed by atoms with Gasteiger partial charge in [-0.15, -0.1) is 21.5 Å². The molecule has 2 rings (SSSR count). The zero-order chi connectivity index (χ0) is 10.8. The van der Waals surface area contributed by atoms with E-state index in [1.54, 1.807) is 18.4 Å². The number of aliphatic hydroxyl groups is 1. The maximum atomic E-state index is 9.88. The number of aromatic nitrogens is 4. The van der Waals surface area contributed by atoms with E-state index >= 15 is 0 Å². The van der Waals surface area contributed by atoms with Crippen molar-refractivity contribution in [3.8, 4) is 0 Å². The van der Waals surface area contributed by atoms with Crippen LogP contribution in [0, 0.1) is 2.88 Å². The van der Waals surface area contributed by atoms with E-state index in [1.165, 1.54) is 4.80 Å². The van der Waals surface area contributed by atoms with Crippen LogP contribution < -0.4 is 0 Å². The first kappa shape index (κ1) is 11.0. The van der Waals surface area contributed by atoms with E-state index in [4.69, 9.17) is 0 Å². The van der Waals surface area contributed by atoms with Crippen LogP contribution >= 0.6 is 33.9 Å². The lowest BCUT2D eigenvalue weighted by molar-refractivity contribution is 0.176. The maximum absolute atomic E-state index is 9.88. The Hall–Kier alpha value is -0.540. The summed E-state index contributed by atoms with van der Waals surface area (Å²) in [6.45, 7) is 0. The smallest absolute Gasteiger partial charge is 0.177 e. The fourth-order valence-corrected chi connectivity index (χ4v) is 2.61. The molecule has 0 radical (unpaired) electrons. The van der Waals surface area contributed by atoms with Crippen molar-refractivity contribution in [2.45, 2.75) is 12.5 Å². The van der Waals surface area contributed by atoms with Crippen molar-refractivity contribution in [2.75, 3.05) is 0 Å². The number of thiophene rings is 1. The van der Waals surface area contributed by atoms with Gasteiger partial charge >= 0.3 is 0 Å². The molecule has 0 aliphatic rings. The molecule has 0 amide bonds. The molecular weight excluding hydrogens is 327 g/mol. The molecule has 0 aliphatic heterocycles. The molecule has 0 saturated carbocycles. The number of halogens is 1. The van der Waals surface area contributed by atoms with Crippen molar-refractivity contribution < 1.29 is 5.11 Å². The highest BCUT2D eigenvalue weighted by Crippen LogP contribution is 2.23. The second kappa shape index (κ2) is 4.54. The van der Waals surface area contributed by atoms with Gasteiger partial charge in [0.25, 0.3) is 0 Å². The first-order chi connectivity index (χ1) is 7.15. The van der Waals surface area contributed by atoms with Gasteiger partial charge in [-0.25, -0.2) is 0 Å². The summed E-state index contributed by atoms with van der Waals surface area (Å²) in [5.41, 5.74) is 0.914. The first-order valence-electron chi connectivity index (χ1n) is 4.30. The number of aliphatic hydroxyl groups excluding tert-OH is 1. The van der Waals surface area contributed by atoms with Gasteiger partial charge in [-0.1, -0.05) is 0 Å². The quantitative estimate of drug-likeness (QED) is 0.855. The second-order valence-electron chi connectivity index (χ2n) is 3.10. The fraction of sp³-hybridized carbons (Fsp3) is 0.375. The van der Waals surface area contributed by atoms with Crippen LogP contribution in [-0.4, -0.2) is 25.3 Å². The molecule has 80 valence electrons. The van der Waals surface area contributed by atoms with Gasteiger partial charge in [0.15, 0.2) is 5.82 Å². The summed E-state index contributed by atoms with van der Waals surface area (Å²) in [5, 5.41) is 23.4. The lowest BCUT2D eigenvalue weighted by Crippen LogP contribution is -2.02. The van der Waals surface area contributed by atoms with Gasteiger partial charge in [-0.05, 0) is 44.8 Å². The van der Waals surface area contributed by atoms with Crippen LogP contribution in [0.5, 0.6) is 0 Å². The summed E-state index contributed by atoms with van der Waals surface area (Å²) < 4.78 is 1.16. The van der Waals surface area contributed by atoms with Gasteiger partial charge in [0.05, 0.1) is 16.0 Å². The molecule has 5 nitrogen and oxygen atoms in total. The zero-order valence-corrected chi connectivity index (χ0v) is 10.9. The van der Waals surface area contributed by atoms with Crippen LogP contribution in [0.25, 0.3) is 0 Å². The lowest BCUT2D eigenvalue weighted by atomic mass is 10.1. The Kier molecular flexibility index (Phi) is 3.32. The van der Waals surface area contributed by atoms with Gasteiger partial charge in [-0.3, -0.25) is 0 Å². The Morgan fingerprint density at radius 1 is 1.67 bits per heavy atom. The normalized spacial score (nSPS) is 13.0. The highest BCUT2D eigenvalue weighted by Gasteiger charge is 2.13. The van der Waals surface area contributed by atoms with Crippen LogP contribution in [0.15, 0.2) is 11.4 Å². The number of aryl methyl sites for hydroxylation is 1. The summed E-state index contributed by atoms with van der Waals surface area (Å²) in [7, 11) is 1.70. The minimum atomic E-state index is -0.547. The third-order valence-corrected chi connectivity index (χ3v) is 3.71. The van der Waals surface area contributed by atoms with Crippen molar-refractivity contribution in [1.29, 1.82) is 0 Å². The molecule has 2 aromatic heterocycles. The molecule has 0 fully saturated rings. The second-order valence-corrected chi connectivity index (χ2v) is 5.90. The Labute approximate surface area is 104 Å². The summed E-state index contributed by atoms with van der Waals surface area (Å²) in [6.07, 6.45) is -0.144. The van der Waals surface area contributed by atoms with Crippen molar-refractivity contribution in [2.24, 2.45) is 7.05 Å². The Balaban J connectivity index is 2.06. The first-order valence-corrected chi connectivity index (χ1v) is 6.26. The largest absolute Gasteiger partial charge is 0.388 e. The van der Waals surface area contributed by atoms with Crippen molar-refractivity contribution >= 4 is 33.9 Å². The highest BCUT2D eigenvalue weighted by atomic mass is 127. The molecule has 0 spiro atoms. The van der Waals surface area contributed by atoms with Crippen molar-refractivity contribution in [3.63, 3.8) is 0 Å². The predicted molar refractivity (Wildman–Crippen MR) is 64.5 cm³/mol. The molecule has 2 heterocycles. The maximum Gasteiger partial charge on any atom is 0.177 e. The van der Waals surface area contributed by atoms with Gasteiger partial charge in [-0.2, -0.15) is 4.80 Å². The lowest BCUT2D eigenvalue weighted by Gasteiger charge is -2.04. The topological polar surface area (TPSA) is 63.8 Å². The summed E-state index contributed by atoms with van der Waals surface area (Å²) in [6, 6.07) is 1.96.